The molecule has 2 amide bonds. The maximum atomic E-state index is 13.6. The van der Waals surface area contributed by atoms with Crippen molar-refractivity contribution in [1.82, 2.24) is 0 Å². The van der Waals surface area contributed by atoms with E-state index in [0.29, 0.717) is 23.5 Å². The first kappa shape index (κ1) is 19.2. The van der Waals surface area contributed by atoms with Gasteiger partial charge in [0.2, 0.25) is 0 Å². The van der Waals surface area contributed by atoms with Crippen LogP contribution in [0, 0.1) is 0 Å². The van der Waals surface area contributed by atoms with Gasteiger partial charge in [0.1, 0.15) is 5.70 Å². The molecule has 1 aliphatic heterocycles. The number of hydrogen-bond donors (Lipinski definition) is 0. The average molecular weight is 403 g/mol. The topological polar surface area (TPSA) is 40.6 Å². The highest BCUT2D eigenvalue weighted by Crippen LogP contribution is 2.38. The molecule has 0 N–H and O–H groups in total. The Bertz CT molecular complexity index is 1050. The van der Waals surface area contributed by atoms with Crippen LogP contribution in [-0.4, -0.2) is 18.4 Å². The number of carbonyl (C=O) groups excluding carboxylic acids is 2. The molecule has 0 bridgehead atoms. The normalized spacial score (nSPS) is 14.1. The van der Waals surface area contributed by atoms with Crippen molar-refractivity contribution >= 4 is 40.1 Å². The number of benzene rings is 2. The lowest BCUT2D eigenvalue weighted by atomic mass is 10.1. The van der Waals surface area contributed by atoms with Crippen molar-refractivity contribution < 1.29 is 9.59 Å². The molecule has 0 spiro atoms. The first-order chi connectivity index (χ1) is 14.2. The van der Waals surface area contributed by atoms with E-state index < -0.39 is 0 Å². The summed E-state index contributed by atoms with van der Waals surface area (Å²) in [6.07, 6.45) is 0.906. The summed E-state index contributed by atoms with van der Waals surface area (Å²) in [6.45, 7) is 4.65. The van der Waals surface area contributed by atoms with Gasteiger partial charge in [-0.25, -0.2) is 4.90 Å². The monoisotopic (exact) mass is 402 g/mol. The standard InChI is InChI=1S/C24H22N2O2S/c1-3-17-12-14-19(15-13-17)26-23(27)21(20-11-8-16-29-20)22(24(26)28)25(4-2)18-9-6-5-7-10-18/h5-16H,3-4H2,1-2H3. The highest BCUT2D eigenvalue weighted by molar-refractivity contribution is 7.11. The van der Waals surface area contributed by atoms with Gasteiger partial charge in [-0.1, -0.05) is 43.3 Å². The number of imide groups is 1. The lowest BCUT2D eigenvalue weighted by Crippen LogP contribution is -2.35. The largest absolute Gasteiger partial charge is 0.337 e. The lowest BCUT2D eigenvalue weighted by Gasteiger charge is -2.24. The van der Waals surface area contributed by atoms with Gasteiger partial charge in [-0.05, 0) is 54.6 Å². The van der Waals surface area contributed by atoms with Crippen LogP contribution < -0.4 is 9.80 Å². The van der Waals surface area contributed by atoms with Crippen molar-refractivity contribution in [2.45, 2.75) is 20.3 Å². The Morgan fingerprint density at radius 3 is 2.17 bits per heavy atom. The Balaban J connectivity index is 1.84. The fourth-order valence-electron chi connectivity index (χ4n) is 3.60. The summed E-state index contributed by atoms with van der Waals surface area (Å²) in [6, 6.07) is 21.2. The van der Waals surface area contributed by atoms with Crippen LogP contribution >= 0.6 is 11.3 Å². The minimum atomic E-state index is -0.284. The number of aryl methyl sites for hydroxylation is 1. The number of amides is 2. The summed E-state index contributed by atoms with van der Waals surface area (Å²) in [5.74, 6) is -0.556. The van der Waals surface area contributed by atoms with Gasteiger partial charge < -0.3 is 4.90 Å². The smallest absolute Gasteiger partial charge is 0.282 e. The summed E-state index contributed by atoms with van der Waals surface area (Å²) in [7, 11) is 0. The van der Waals surface area contributed by atoms with Crippen LogP contribution in [-0.2, 0) is 16.0 Å². The Labute approximate surface area is 174 Å². The molecule has 0 fully saturated rings. The molecule has 1 aromatic heterocycles. The average Bonchev–Trinajstić information content (AvgIpc) is 3.36. The van der Waals surface area contributed by atoms with Gasteiger partial charge in [0.05, 0.1) is 11.3 Å². The fraction of sp³-hybridized carbons (Fsp3) is 0.167. The maximum absolute atomic E-state index is 13.6. The number of hydrogen-bond acceptors (Lipinski definition) is 4. The molecule has 0 saturated carbocycles. The van der Waals surface area contributed by atoms with Crippen molar-refractivity contribution in [3.05, 3.63) is 88.2 Å². The molecule has 3 aromatic rings. The van der Waals surface area contributed by atoms with Crippen LogP contribution in [0.25, 0.3) is 5.57 Å². The second-order valence-corrected chi connectivity index (χ2v) is 7.69. The van der Waals surface area contributed by atoms with Crippen molar-refractivity contribution in [2.75, 3.05) is 16.3 Å². The molecule has 0 saturated heterocycles. The highest BCUT2D eigenvalue weighted by Gasteiger charge is 2.42. The highest BCUT2D eigenvalue weighted by atomic mass is 32.1. The molecule has 2 aromatic carbocycles. The van der Waals surface area contributed by atoms with Crippen molar-refractivity contribution in [1.29, 1.82) is 0 Å². The number of rotatable bonds is 6. The van der Waals surface area contributed by atoms with Crippen LogP contribution in [0.15, 0.2) is 77.8 Å². The number of nitrogens with zero attached hydrogens (tertiary/aromatic N) is 2. The molecular weight excluding hydrogens is 380 g/mol. The van der Waals surface area contributed by atoms with Crippen molar-refractivity contribution in [3.63, 3.8) is 0 Å². The number of carbonyl (C=O) groups is 2. The van der Waals surface area contributed by atoms with E-state index in [0.717, 1.165) is 17.0 Å². The number of para-hydroxylation sites is 1. The van der Waals surface area contributed by atoms with Crippen LogP contribution in [0.1, 0.15) is 24.3 Å². The van der Waals surface area contributed by atoms with E-state index in [1.807, 2.05) is 83.9 Å². The van der Waals surface area contributed by atoms with E-state index in [-0.39, 0.29) is 11.8 Å². The van der Waals surface area contributed by atoms with Gasteiger partial charge in [0.15, 0.2) is 0 Å². The molecular formula is C24H22N2O2S. The van der Waals surface area contributed by atoms with Gasteiger partial charge in [-0.3, -0.25) is 9.59 Å². The van der Waals surface area contributed by atoms with Gasteiger partial charge in [0, 0.05) is 17.1 Å². The third-order valence-electron chi connectivity index (χ3n) is 5.08. The van der Waals surface area contributed by atoms with E-state index in [1.54, 1.807) is 0 Å². The maximum Gasteiger partial charge on any atom is 0.282 e. The quantitative estimate of drug-likeness (QED) is 0.537. The van der Waals surface area contributed by atoms with Crippen LogP contribution in [0.5, 0.6) is 0 Å². The zero-order chi connectivity index (χ0) is 20.4. The van der Waals surface area contributed by atoms with E-state index in [9.17, 15) is 9.59 Å². The second-order valence-electron chi connectivity index (χ2n) is 6.75. The summed E-state index contributed by atoms with van der Waals surface area (Å²) < 4.78 is 0. The molecule has 0 atom stereocenters. The Morgan fingerprint density at radius 2 is 1.59 bits per heavy atom. The lowest BCUT2D eigenvalue weighted by molar-refractivity contribution is -0.120. The molecule has 0 unspecified atom stereocenters. The zero-order valence-electron chi connectivity index (χ0n) is 16.5. The Hall–Kier alpha value is -3.18. The SMILES string of the molecule is CCc1ccc(N2C(=O)C(c3cccs3)=C(N(CC)c3ccccc3)C2=O)cc1. The van der Waals surface area contributed by atoms with Crippen molar-refractivity contribution in [3.8, 4) is 0 Å². The molecule has 4 rings (SSSR count). The van der Waals surface area contributed by atoms with Crippen LogP contribution in [0.2, 0.25) is 0 Å². The number of likely N-dealkylation sites (N-methyl/N-ethyl adjacent to an activating group) is 1. The molecule has 0 radical (unpaired) electrons. The molecule has 29 heavy (non-hydrogen) atoms. The third kappa shape index (κ3) is 3.38. The minimum absolute atomic E-state index is 0.272. The minimum Gasteiger partial charge on any atom is -0.337 e. The first-order valence-corrected chi connectivity index (χ1v) is 10.6. The molecule has 5 heteroatoms. The molecule has 0 aliphatic carbocycles. The molecule has 4 nitrogen and oxygen atoms in total. The molecule has 1 aliphatic rings. The summed E-state index contributed by atoms with van der Waals surface area (Å²) in [5, 5.41) is 1.93. The van der Waals surface area contributed by atoms with Gasteiger partial charge >= 0.3 is 0 Å². The van der Waals surface area contributed by atoms with Gasteiger partial charge in [-0.15, -0.1) is 11.3 Å². The van der Waals surface area contributed by atoms with E-state index in [4.69, 9.17) is 0 Å². The Morgan fingerprint density at radius 1 is 0.862 bits per heavy atom. The second kappa shape index (κ2) is 8.05. The van der Waals surface area contributed by atoms with Gasteiger partial charge in [-0.2, -0.15) is 0 Å². The summed E-state index contributed by atoms with van der Waals surface area (Å²) >= 11 is 1.47. The van der Waals surface area contributed by atoms with E-state index in [1.165, 1.54) is 21.8 Å². The number of thiophene rings is 1. The van der Waals surface area contributed by atoms with E-state index >= 15 is 0 Å². The first-order valence-electron chi connectivity index (χ1n) is 9.74. The zero-order valence-corrected chi connectivity index (χ0v) is 17.3. The molecule has 2 heterocycles. The summed E-state index contributed by atoms with van der Waals surface area (Å²) in [4.78, 5) is 31.1. The summed E-state index contributed by atoms with van der Waals surface area (Å²) in [5.41, 5.74) is 3.56. The van der Waals surface area contributed by atoms with Crippen LogP contribution in [0.3, 0.4) is 0 Å². The predicted molar refractivity (Wildman–Crippen MR) is 119 cm³/mol. The fourth-order valence-corrected chi connectivity index (χ4v) is 4.37. The van der Waals surface area contributed by atoms with Gasteiger partial charge in [0.25, 0.3) is 11.8 Å². The molecule has 146 valence electrons. The van der Waals surface area contributed by atoms with Crippen LogP contribution in [0.4, 0.5) is 11.4 Å². The Kier molecular flexibility index (Phi) is 5.32. The predicted octanol–water partition coefficient (Wildman–Crippen LogP) is 5.12. The van der Waals surface area contributed by atoms with E-state index in [2.05, 4.69) is 6.92 Å². The number of anilines is 2. The third-order valence-corrected chi connectivity index (χ3v) is 5.97. The van der Waals surface area contributed by atoms with Crippen molar-refractivity contribution in [2.24, 2.45) is 0 Å².